The van der Waals surface area contributed by atoms with Crippen LogP contribution in [0.2, 0.25) is 0 Å². The van der Waals surface area contributed by atoms with Gasteiger partial charge in [0.15, 0.2) is 0 Å². The smallest absolute Gasteiger partial charge is 0.0830 e. The maximum atomic E-state index is 4.11. The number of piperidine rings is 1. The molecule has 4 nitrogen and oxygen atoms in total. The first-order valence-electron chi connectivity index (χ1n) is 5.32. The molecule has 78 valence electrons. The summed E-state index contributed by atoms with van der Waals surface area (Å²) in [5.41, 5.74) is 1.12. The highest BCUT2D eigenvalue weighted by Gasteiger charge is 2.18. The van der Waals surface area contributed by atoms with Crippen molar-refractivity contribution >= 4 is 0 Å². The van der Waals surface area contributed by atoms with Gasteiger partial charge in [0.1, 0.15) is 0 Å². The number of hydrogen-bond donors (Lipinski definition) is 1. The van der Waals surface area contributed by atoms with Crippen LogP contribution in [0.1, 0.15) is 25.5 Å². The molecule has 1 aliphatic heterocycles. The molecule has 2 heterocycles. The van der Waals surface area contributed by atoms with Gasteiger partial charge in [-0.05, 0) is 38.6 Å². The van der Waals surface area contributed by atoms with E-state index in [2.05, 4.69) is 22.6 Å². The molecule has 1 saturated heterocycles. The molecule has 2 atom stereocenters. The summed E-state index contributed by atoms with van der Waals surface area (Å²) in [7, 11) is 1.91. The van der Waals surface area contributed by atoms with Crippen molar-refractivity contribution in [3.63, 3.8) is 0 Å². The van der Waals surface area contributed by atoms with Crippen LogP contribution in [-0.2, 0) is 13.5 Å². The van der Waals surface area contributed by atoms with Crippen LogP contribution in [0.25, 0.3) is 0 Å². The van der Waals surface area contributed by atoms with Crippen molar-refractivity contribution in [1.82, 2.24) is 20.3 Å². The number of hydrogen-bond acceptors (Lipinski definition) is 3. The molecule has 0 saturated carbocycles. The van der Waals surface area contributed by atoms with Gasteiger partial charge in [0.2, 0.25) is 0 Å². The standard InChI is InChI=1S/C10H18N4/c1-8-3-4-9(6-11-8)5-10-7-14(2)13-12-10/h7-9,11H,3-6H2,1-2H3. The Bertz CT molecular complexity index is 286. The average Bonchev–Trinajstić information content (AvgIpc) is 2.56. The van der Waals surface area contributed by atoms with Gasteiger partial charge in [0, 0.05) is 19.3 Å². The molecule has 1 N–H and O–H groups in total. The van der Waals surface area contributed by atoms with Gasteiger partial charge in [0.05, 0.1) is 5.69 Å². The van der Waals surface area contributed by atoms with Gasteiger partial charge in [-0.2, -0.15) is 0 Å². The SMILES string of the molecule is CC1CCC(Cc2cn(C)nn2)CN1. The Labute approximate surface area is 84.7 Å². The zero-order valence-electron chi connectivity index (χ0n) is 8.90. The van der Waals surface area contributed by atoms with E-state index in [1.165, 1.54) is 12.8 Å². The van der Waals surface area contributed by atoms with E-state index >= 15 is 0 Å². The summed E-state index contributed by atoms with van der Waals surface area (Å²) in [5, 5.41) is 11.6. The van der Waals surface area contributed by atoms with E-state index in [0.717, 1.165) is 24.6 Å². The molecule has 0 aliphatic carbocycles. The minimum atomic E-state index is 0.688. The lowest BCUT2D eigenvalue weighted by atomic mass is 9.92. The number of nitrogens with zero attached hydrogens (tertiary/aromatic N) is 3. The Morgan fingerprint density at radius 2 is 2.43 bits per heavy atom. The second kappa shape index (κ2) is 4.09. The Morgan fingerprint density at radius 1 is 1.57 bits per heavy atom. The minimum Gasteiger partial charge on any atom is -0.314 e. The summed E-state index contributed by atoms with van der Waals surface area (Å²) in [6.07, 6.45) is 5.67. The van der Waals surface area contributed by atoms with Crippen LogP contribution >= 0.6 is 0 Å². The van der Waals surface area contributed by atoms with E-state index in [1.54, 1.807) is 4.68 Å². The lowest BCUT2D eigenvalue weighted by molar-refractivity contribution is 0.320. The number of aryl methyl sites for hydroxylation is 1. The van der Waals surface area contributed by atoms with Crippen molar-refractivity contribution in [3.8, 4) is 0 Å². The molecule has 0 aromatic carbocycles. The first kappa shape index (κ1) is 9.65. The van der Waals surface area contributed by atoms with Crippen LogP contribution in [0.4, 0.5) is 0 Å². The quantitative estimate of drug-likeness (QED) is 0.755. The summed E-state index contributed by atoms with van der Waals surface area (Å²) in [6.45, 7) is 3.37. The van der Waals surface area contributed by atoms with Crippen LogP contribution in [0.15, 0.2) is 6.20 Å². The molecule has 4 heteroatoms. The largest absolute Gasteiger partial charge is 0.314 e. The van der Waals surface area contributed by atoms with Gasteiger partial charge in [-0.1, -0.05) is 5.21 Å². The second-order valence-corrected chi connectivity index (χ2v) is 4.34. The molecule has 0 spiro atoms. The lowest BCUT2D eigenvalue weighted by Gasteiger charge is -2.26. The van der Waals surface area contributed by atoms with E-state index in [0.29, 0.717) is 6.04 Å². The van der Waals surface area contributed by atoms with E-state index < -0.39 is 0 Å². The molecule has 1 aliphatic rings. The predicted octanol–water partition coefficient (Wildman–Crippen LogP) is 0.746. The van der Waals surface area contributed by atoms with Gasteiger partial charge >= 0.3 is 0 Å². The molecule has 0 amide bonds. The van der Waals surface area contributed by atoms with Crippen molar-refractivity contribution in [2.75, 3.05) is 6.54 Å². The Morgan fingerprint density at radius 3 is 3.00 bits per heavy atom. The number of nitrogens with one attached hydrogen (secondary N) is 1. The van der Waals surface area contributed by atoms with Crippen LogP contribution < -0.4 is 5.32 Å². The van der Waals surface area contributed by atoms with E-state index in [9.17, 15) is 0 Å². The first-order chi connectivity index (χ1) is 6.74. The highest BCUT2D eigenvalue weighted by Crippen LogP contribution is 2.17. The predicted molar refractivity (Wildman–Crippen MR) is 54.9 cm³/mol. The molecule has 2 unspecified atom stereocenters. The number of rotatable bonds is 2. The molecule has 0 bridgehead atoms. The Hall–Kier alpha value is -0.900. The maximum absolute atomic E-state index is 4.11. The fourth-order valence-corrected chi connectivity index (χ4v) is 2.02. The topological polar surface area (TPSA) is 42.7 Å². The van der Waals surface area contributed by atoms with Crippen molar-refractivity contribution in [2.24, 2.45) is 13.0 Å². The summed E-state index contributed by atoms with van der Waals surface area (Å²) in [4.78, 5) is 0. The van der Waals surface area contributed by atoms with Gasteiger partial charge in [-0.3, -0.25) is 4.68 Å². The lowest BCUT2D eigenvalue weighted by Crippen LogP contribution is -2.37. The van der Waals surface area contributed by atoms with Crippen molar-refractivity contribution in [2.45, 2.75) is 32.2 Å². The normalized spacial score (nSPS) is 27.9. The Balaban J connectivity index is 1.86. The van der Waals surface area contributed by atoms with Crippen molar-refractivity contribution in [3.05, 3.63) is 11.9 Å². The summed E-state index contributed by atoms with van der Waals surface area (Å²) >= 11 is 0. The van der Waals surface area contributed by atoms with Crippen LogP contribution in [0.3, 0.4) is 0 Å². The molecule has 0 radical (unpaired) electrons. The summed E-state index contributed by atoms with van der Waals surface area (Å²) in [5.74, 6) is 0.739. The second-order valence-electron chi connectivity index (χ2n) is 4.34. The van der Waals surface area contributed by atoms with Gasteiger partial charge in [0.25, 0.3) is 0 Å². The van der Waals surface area contributed by atoms with Crippen LogP contribution in [-0.4, -0.2) is 27.6 Å². The van der Waals surface area contributed by atoms with Gasteiger partial charge in [-0.15, -0.1) is 5.10 Å². The molecule has 1 fully saturated rings. The fraction of sp³-hybridized carbons (Fsp3) is 0.800. The minimum absolute atomic E-state index is 0.688. The third kappa shape index (κ3) is 2.32. The highest BCUT2D eigenvalue weighted by atomic mass is 15.4. The molecule has 2 rings (SSSR count). The third-order valence-electron chi connectivity index (χ3n) is 2.91. The third-order valence-corrected chi connectivity index (χ3v) is 2.91. The summed E-state index contributed by atoms with van der Waals surface area (Å²) < 4.78 is 1.77. The molecule has 1 aromatic heterocycles. The molecular formula is C10H18N4. The first-order valence-corrected chi connectivity index (χ1v) is 5.32. The van der Waals surface area contributed by atoms with Crippen molar-refractivity contribution in [1.29, 1.82) is 0 Å². The average molecular weight is 194 g/mol. The van der Waals surface area contributed by atoms with Crippen molar-refractivity contribution < 1.29 is 0 Å². The highest BCUT2D eigenvalue weighted by molar-refractivity contribution is 4.95. The number of aromatic nitrogens is 3. The fourth-order valence-electron chi connectivity index (χ4n) is 2.02. The maximum Gasteiger partial charge on any atom is 0.0830 e. The van der Waals surface area contributed by atoms with E-state index in [4.69, 9.17) is 0 Å². The van der Waals surface area contributed by atoms with Crippen LogP contribution in [0, 0.1) is 5.92 Å². The zero-order chi connectivity index (χ0) is 9.97. The van der Waals surface area contributed by atoms with E-state index in [1.807, 2.05) is 13.2 Å². The zero-order valence-corrected chi connectivity index (χ0v) is 8.90. The molecule has 1 aromatic rings. The molecule has 14 heavy (non-hydrogen) atoms. The van der Waals surface area contributed by atoms with Gasteiger partial charge < -0.3 is 5.32 Å². The summed E-state index contributed by atoms with van der Waals surface area (Å²) in [6, 6.07) is 0.688. The Kier molecular flexibility index (Phi) is 2.82. The van der Waals surface area contributed by atoms with E-state index in [-0.39, 0.29) is 0 Å². The molecular weight excluding hydrogens is 176 g/mol. The van der Waals surface area contributed by atoms with Crippen LogP contribution in [0.5, 0.6) is 0 Å². The van der Waals surface area contributed by atoms with Gasteiger partial charge in [-0.25, -0.2) is 0 Å². The monoisotopic (exact) mass is 194 g/mol.